The van der Waals surface area contributed by atoms with Gasteiger partial charge in [0, 0.05) is 11.8 Å². The number of aromatic nitrogens is 3. The molecule has 1 heterocycles. The van der Waals surface area contributed by atoms with E-state index in [4.69, 9.17) is 0 Å². The minimum Gasteiger partial charge on any atom is -0.322 e. The normalized spacial score (nSPS) is 16.9. The zero-order chi connectivity index (χ0) is 15.6. The fraction of sp³-hybridized carbons (Fsp3) is 0.389. The molecule has 0 atom stereocenters. The van der Waals surface area contributed by atoms with E-state index < -0.39 is 0 Å². The van der Waals surface area contributed by atoms with Crippen LogP contribution >= 0.6 is 0 Å². The summed E-state index contributed by atoms with van der Waals surface area (Å²) in [5, 5.41) is 7.17. The number of allylic oxidation sites excluding steroid dienone is 1. The Kier molecular flexibility index (Phi) is 3.69. The Bertz CT molecular complexity index is 713. The number of carbonyl (C=O) groups is 1. The minimum atomic E-state index is -0.00941. The highest BCUT2D eigenvalue weighted by atomic mass is 16.1. The molecule has 1 aromatic heterocycles. The van der Waals surface area contributed by atoms with Crippen LogP contribution in [-0.2, 0) is 11.3 Å². The molecular formula is C18H20N4O. The van der Waals surface area contributed by atoms with Gasteiger partial charge in [0.05, 0.1) is 6.54 Å². The lowest BCUT2D eigenvalue weighted by Gasteiger charge is -2.10. The highest BCUT2D eigenvalue weighted by molar-refractivity contribution is 6.00. The lowest BCUT2D eigenvalue weighted by atomic mass is 10.1. The lowest BCUT2D eigenvalue weighted by Crippen LogP contribution is -2.13. The molecule has 0 aliphatic heterocycles. The Morgan fingerprint density at radius 3 is 2.61 bits per heavy atom. The molecular weight excluding hydrogens is 288 g/mol. The topological polar surface area (TPSA) is 59.8 Å². The Hall–Kier alpha value is -2.43. The van der Waals surface area contributed by atoms with E-state index in [0.29, 0.717) is 18.4 Å². The molecule has 0 unspecified atom stereocenters. The largest absolute Gasteiger partial charge is 0.322 e. The van der Waals surface area contributed by atoms with E-state index in [1.165, 1.54) is 37.6 Å². The van der Waals surface area contributed by atoms with Gasteiger partial charge in [0.15, 0.2) is 0 Å². The van der Waals surface area contributed by atoms with Gasteiger partial charge < -0.3 is 5.32 Å². The van der Waals surface area contributed by atoms with Crippen molar-refractivity contribution >= 4 is 11.6 Å². The van der Waals surface area contributed by atoms with Crippen molar-refractivity contribution in [1.29, 1.82) is 0 Å². The van der Waals surface area contributed by atoms with Gasteiger partial charge in [0.25, 0.3) is 0 Å². The van der Waals surface area contributed by atoms with E-state index in [1.807, 2.05) is 30.3 Å². The number of hydrogen-bond donors (Lipinski definition) is 1. The van der Waals surface area contributed by atoms with Crippen LogP contribution in [-0.4, -0.2) is 20.7 Å². The molecule has 2 saturated carbocycles. The molecule has 0 saturated heterocycles. The number of para-hydroxylation sites is 1. The predicted octanol–water partition coefficient (Wildman–Crippen LogP) is 3.01. The molecule has 5 nitrogen and oxygen atoms in total. The second kappa shape index (κ2) is 5.99. The van der Waals surface area contributed by atoms with Crippen LogP contribution in [0.1, 0.15) is 31.2 Å². The maximum Gasteiger partial charge on any atom is 0.248 e. The summed E-state index contributed by atoms with van der Waals surface area (Å²) in [5.41, 5.74) is 3.24. The molecule has 0 spiro atoms. The fourth-order valence-electron chi connectivity index (χ4n) is 2.99. The number of anilines is 1. The van der Waals surface area contributed by atoms with Crippen LogP contribution < -0.4 is 5.32 Å². The lowest BCUT2D eigenvalue weighted by molar-refractivity contribution is -0.112. The average molecular weight is 308 g/mol. The molecule has 1 aromatic carbocycles. The molecule has 2 fully saturated rings. The first-order valence-corrected chi connectivity index (χ1v) is 8.22. The van der Waals surface area contributed by atoms with Gasteiger partial charge in [-0.3, -0.25) is 4.79 Å². The van der Waals surface area contributed by atoms with E-state index in [1.54, 1.807) is 11.0 Å². The molecule has 2 aliphatic carbocycles. The van der Waals surface area contributed by atoms with Gasteiger partial charge in [-0.25, -0.2) is 9.67 Å². The van der Waals surface area contributed by atoms with Crippen molar-refractivity contribution in [1.82, 2.24) is 14.8 Å². The summed E-state index contributed by atoms with van der Waals surface area (Å²) in [6.07, 6.45) is 10.0. The number of amides is 1. The monoisotopic (exact) mass is 308 g/mol. The van der Waals surface area contributed by atoms with Crippen molar-refractivity contribution in [2.75, 3.05) is 5.32 Å². The second-order valence-electron chi connectivity index (χ2n) is 6.43. The van der Waals surface area contributed by atoms with E-state index >= 15 is 0 Å². The summed E-state index contributed by atoms with van der Waals surface area (Å²) in [6, 6.07) is 7.85. The van der Waals surface area contributed by atoms with Gasteiger partial charge in [-0.15, -0.1) is 0 Å². The maximum absolute atomic E-state index is 12.4. The summed E-state index contributed by atoms with van der Waals surface area (Å²) in [6.45, 7) is 0.596. The number of nitrogens with one attached hydrogen (secondary N) is 1. The zero-order valence-electron chi connectivity index (χ0n) is 13.0. The summed E-state index contributed by atoms with van der Waals surface area (Å²) in [4.78, 5) is 16.4. The van der Waals surface area contributed by atoms with Crippen LogP contribution in [0.25, 0.3) is 0 Å². The van der Waals surface area contributed by atoms with Gasteiger partial charge in [-0.2, -0.15) is 5.10 Å². The molecule has 1 amide bonds. The average Bonchev–Trinajstić information content (AvgIpc) is 3.47. The maximum atomic E-state index is 12.4. The van der Waals surface area contributed by atoms with E-state index in [-0.39, 0.29) is 5.91 Å². The van der Waals surface area contributed by atoms with Crippen molar-refractivity contribution in [2.45, 2.75) is 32.2 Å². The summed E-state index contributed by atoms with van der Waals surface area (Å²) in [7, 11) is 0. The van der Waals surface area contributed by atoms with Crippen LogP contribution in [0.2, 0.25) is 0 Å². The summed E-state index contributed by atoms with van der Waals surface area (Å²) in [5.74, 6) is 1.32. The standard InChI is InChI=1S/C18H20N4O/c23-18(9-16(13-5-6-13)14-7-8-14)21-17-4-2-1-3-15(17)10-22-12-19-11-20-22/h1-4,9,11-14H,5-8,10H2,(H,21,23). The van der Waals surface area contributed by atoms with Gasteiger partial charge >= 0.3 is 0 Å². The second-order valence-corrected chi connectivity index (χ2v) is 6.43. The van der Waals surface area contributed by atoms with Crippen LogP contribution in [0.3, 0.4) is 0 Å². The van der Waals surface area contributed by atoms with Crippen LogP contribution in [0, 0.1) is 11.8 Å². The number of carbonyl (C=O) groups excluding carboxylic acids is 1. The third-order valence-electron chi connectivity index (χ3n) is 4.47. The first kappa shape index (κ1) is 14.2. The van der Waals surface area contributed by atoms with Crippen molar-refractivity contribution < 1.29 is 4.79 Å². The molecule has 0 bridgehead atoms. The van der Waals surface area contributed by atoms with Crippen molar-refractivity contribution in [3.8, 4) is 0 Å². The molecule has 0 radical (unpaired) electrons. The molecule has 2 aliphatic rings. The van der Waals surface area contributed by atoms with Gasteiger partial charge in [-0.1, -0.05) is 23.8 Å². The Balaban J connectivity index is 1.49. The first-order valence-electron chi connectivity index (χ1n) is 8.22. The molecule has 118 valence electrons. The number of rotatable bonds is 6. The highest BCUT2D eigenvalue weighted by Gasteiger charge is 2.36. The third-order valence-corrected chi connectivity index (χ3v) is 4.47. The fourth-order valence-corrected chi connectivity index (χ4v) is 2.99. The Morgan fingerprint density at radius 2 is 1.96 bits per heavy atom. The molecule has 1 N–H and O–H groups in total. The van der Waals surface area contributed by atoms with E-state index in [0.717, 1.165) is 11.3 Å². The molecule has 5 heteroatoms. The predicted molar refractivity (Wildman–Crippen MR) is 87.7 cm³/mol. The van der Waals surface area contributed by atoms with E-state index in [9.17, 15) is 4.79 Å². The SMILES string of the molecule is O=C(C=C(C1CC1)C1CC1)Nc1ccccc1Cn1cncn1. The van der Waals surface area contributed by atoms with Gasteiger partial charge in [-0.05, 0) is 49.1 Å². The van der Waals surface area contributed by atoms with Gasteiger partial charge in [0.2, 0.25) is 5.91 Å². The number of nitrogens with zero attached hydrogens (tertiary/aromatic N) is 3. The minimum absolute atomic E-state index is 0.00941. The highest BCUT2D eigenvalue weighted by Crippen LogP contribution is 2.48. The smallest absolute Gasteiger partial charge is 0.248 e. The number of benzene rings is 1. The zero-order valence-corrected chi connectivity index (χ0v) is 13.0. The molecule has 2 aromatic rings. The quantitative estimate of drug-likeness (QED) is 0.835. The van der Waals surface area contributed by atoms with Crippen molar-refractivity contribution in [3.63, 3.8) is 0 Å². The van der Waals surface area contributed by atoms with Crippen molar-refractivity contribution in [2.24, 2.45) is 11.8 Å². The van der Waals surface area contributed by atoms with Crippen LogP contribution in [0.15, 0.2) is 48.6 Å². The van der Waals surface area contributed by atoms with Gasteiger partial charge in [0.1, 0.15) is 12.7 Å². The molecule has 23 heavy (non-hydrogen) atoms. The summed E-state index contributed by atoms with van der Waals surface area (Å²) >= 11 is 0. The summed E-state index contributed by atoms with van der Waals surface area (Å²) < 4.78 is 1.75. The van der Waals surface area contributed by atoms with E-state index in [2.05, 4.69) is 15.4 Å². The number of hydrogen-bond acceptors (Lipinski definition) is 3. The van der Waals surface area contributed by atoms with Crippen LogP contribution in [0.5, 0.6) is 0 Å². The molecule has 4 rings (SSSR count). The van der Waals surface area contributed by atoms with Crippen molar-refractivity contribution in [3.05, 3.63) is 54.1 Å². The van der Waals surface area contributed by atoms with Crippen LogP contribution in [0.4, 0.5) is 5.69 Å². The Morgan fingerprint density at radius 1 is 1.22 bits per heavy atom. The third kappa shape index (κ3) is 3.50. The first-order chi connectivity index (χ1) is 11.3. The Labute approximate surface area is 135 Å².